The minimum atomic E-state index is -2.95. The molecule has 1 atom stereocenters. The Morgan fingerprint density at radius 2 is 1.70 bits per heavy atom. The number of hydrogen-bond acceptors (Lipinski definition) is 5. The van der Waals surface area contributed by atoms with E-state index >= 15 is 0 Å². The van der Waals surface area contributed by atoms with Crippen LogP contribution in [0, 0.1) is 0 Å². The standard InChI is InChI=1S/C14H25N3O2S/c1-16(2)13-7-5-12(6-8-13)14(11-15)17(3)9-10-20(4,18)19/h5-8,14H,9-11,15H2,1-4H3. The lowest BCUT2D eigenvalue weighted by molar-refractivity contribution is 0.264. The second-order valence-corrected chi connectivity index (χ2v) is 7.61. The molecule has 0 fully saturated rings. The first-order chi connectivity index (χ1) is 9.24. The van der Waals surface area contributed by atoms with Gasteiger partial charge in [-0.25, -0.2) is 8.42 Å². The fourth-order valence-electron chi connectivity index (χ4n) is 2.03. The number of hydrogen-bond donors (Lipinski definition) is 1. The van der Waals surface area contributed by atoms with Crippen molar-refractivity contribution >= 4 is 15.5 Å². The van der Waals surface area contributed by atoms with Crippen molar-refractivity contribution in [1.29, 1.82) is 0 Å². The monoisotopic (exact) mass is 299 g/mol. The van der Waals surface area contributed by atoms with Crippen LogP contribution in [0.2, 0.25) is 0 Å². The minimum absolute atomic E-state index is 0.0352. The molecule has 114 valence electrons. The first-order valence-electron chi connectivity index (χ1n) is 6.60. The lowest BCUT2D eigenvalue weighted by Crippen LogP contribution is -2.34. The number of benzene rings is 1. The van der Waals surface area contributed by atoms with Crippen molar-refractivity contribution in [2.24, 2.45) is 5.73 Å². The van der Waals surface area contributed by atoms with E-state index in [1.165, 1.54) is 6.26 Å². The Balaban J connectivity index is 2.79. The summed E-state index contributed by atoms with van der Waals surface area (Å²) in [4.78, 5) is 4.03. The second kappa shape index (κ2) is 7.06. The van der Waals surface area contributed by atoms with E-state index in [0.717, 1.165) is 11.3 Å². The van der Waals surface area contributed by atoms with Gasteiger partial charge >= 0.3 is 0 Å². The summed E-state index contributed by atoms with van der Waals surface area (Å²) in [6.07, 6.45) is 1.25. The number of anilines is 1. The molecule has 1 aromatic carbocycles. The van der Waals surface area contributed by atoms with Crippen molar-refractivity contribution in [2.45, 2.75) is 6.04 Å². The highest BCUT2D eigenvalue weighted by molar-refractivity contribution is 7.90. The highest BCUT2D eigenvalue weighted by Gasteiger charge is 2.16. The molecule has 0 amide bonds. The smallest absolute Gasteiger partial charge is 0.148 e. The summed E-state index contributed by atoms with van der Waals surface area (Å²) in [5, 5.41) is 0. The number of likely N-dealkylation sites (N-methyl/N-ethyl adjacent to an activating group) is 1. The van der Waals surface area contributed by atoms with Gasteiger partial charge in [-0.1, -0.05) is 12.1 Å². The Bertz CT molecular complexity index is 512. The van der Waals surface area contributed by atoms with Gasteiger partial charge in [0, 0.05) is 45.2 Å². The molecule has 1 rings (SSSR count). The molecule has 1 aromatic rings. The molecule has 1 unspecified atom stereocenters. The van der Waals surface area contributed by atoms with Crippen LogP contribution in [0.5, 0.6) is 0 Å². The largest absolute Gasteiger partial charge is 0.378 e. The van der Waals surface area contributed by atoms with Crippen LogP contribution >= 0.6 is 0 Å². The predicted octanol–water partition coefficient (Wildman–Crippen LogP) is 0.729. The van der Waals surface area contributed by atoms with Crippen molar-refractivity contribution in [1.82, 2.24) is 4.90 Å². The number of rotatable bonds is 7. The first kappa shape index (κ1) is 16.9. The van der Waals surface area contributed by atoms with Crippen LogP contribution in [0.3, 0.4) is 0 Å². The summed E-state index contributed by atoms with van der Waals surface area (Å²) in [5.74, 6) is 0.149. The molecule has 6 heteroatoms. The maximum Gasteiger partial charge on any atom is 0.148 e. The van der Waals surface area contributed by atoms with Crippen LogP contribution in [0.4, 0.5) is 5.69 Å². The van der Waals surface area contributed by atoms with Crippen molar-refractivity contribution in [3.8, 4) is 0 Å². The van der Waals surface area contributed by atoms with E-state index in [2.05, 4.69) is 0 Å². The molecule has 5 nitrogen and oxygen atoms in total. The summed E-state index contributed by atoms with van der Waals surface area (Å²) < 4.78 is 22.5. The molecular formula is C14H25N3O2S. The summed E-state index contributed by atoms with van der Waals surface area (Å²) in [7, 11) is 2.94. The summed E-state index contributed by atoms with van der Waals surface area (Å²) >= 11 is 0. The summed E-state index contributed by atoms with van der Waals surface area (Å²) in [6.45, 7) is 0.942. The molecule has 0 aliphatic rings. The molecule has 20 heavy (non-hydrogen) atoms. The van der Waals surface area contributed by atoms with Crippen LogP contribution in [0.25, 0.3) is 0 Å². The van der Waals surface area contributed by atoms with Crippen molar-refractivity contribution in [3.63, 3.8) is 0 Å². The van der Waals surface area contributed by atoms with E-state index in [1.807, 2.05) is 55.2 Å². The first-order valence-corrected chi connectivity index (χ1v) is 8.66. The highest BCUT2D eigenvalue weighted by Crippen LogP contribution is 2.21. The van der Waals surface area contributed by atoms with Gasteiger partial charge in [-0.05, 0) is 24.7 Å². The van der Waals surface area contributed by atoms with E-state index in [0.29, 0.717) is 13.1 Å². The fraction of sp³-hybridized carbons (Fsp3) is 0.571. The molecule has 0 spiro atoms. The maximum absolute atomic E-state index is 11.2. The van der Waals surface area contributed by atoms with Gasteiger partial charge in [0.05, 0.1) is 5.75 Å². The minimum Gasteiger partial charge on any atom is -0.378 e. The number of nitrogens with zero attached hydrogens (tertiary/aromatic N) is 2. The molecule has 0 aliphatic heterocycles. The van der Waals surface area contributed by atoms with Crippen LogP contribution in [-0.4, -0.2) is 59.6 Å². The molecule has 0 bridgehead atoms. The summed E-state index contributed by atoms with van der Waals surface area (Å²) in [5.41, 5.74) is 8.08. The van der Waals surface area contributed by atoms with Crippen LogP contribution in [0.1, 0.15) is 11.6 Å². The average molecular weight is 299 g/mol. The van der Waals surface area contributed by atoms with E-state index in [1.54, 1.807) is 0 Å². The highest BCUT2D eigenvalue weighted by atomic mass is 32.2. The van der Waals surface area contributed by atoms with Crippen molar-refractivity contribution in [2.75, 3.05) is 51.1 Å². The molecule has 0 saturated carbocycles. The molecule has 2 N–H and O–H groups in total. The topological polar surface area (TPSA) is 66.6 Å². The zero-order chi connectivity index (χ0) is 15.3. The third-order valence-electron chi connectivity index (χ3n) is 3.36. The third-order valence-corrected chi connectivity index (χ3v) is 4.29. The number of sulfone groups is 1. The van der Waals surface area contributed by atoms with Gasteiger partial charge in [0.1, 0.15) is 9.84 Å². The van der Waals surface area contributed by atoms with Gasteiger partial charge in [0.15, 0.2) is 0 Å². The average Bonchev–Trinajstić information content (AvgIpc) is 2.37. The normalized spacial score (nSPS) is 13.5. The Morgan fingerprint density at radius 3 is 2.10 bits per heavy atom. The molecular weight excluding hydrogens is 274 g/mol. The Kier molecular flexibility index (Phi) is 5.98. The SMILES string of the molecule is CN(C)c1ccc(C(CN)N(C)CCS(C)(=O)=O)cc1. The fourth-order valence-corrected chi connectivity index (χ4v) is 2.65. The third kappa shape index (κ3) is 5.11. The summed E-state index contributed by atoms with van der Waals surface area (Å²) in [6, 6.07) is 8.21. The van der Waals surface area contributed by atoms with Crippen LogP contribution in [0.15, 0.2) is 24.3 Å². The van der Waals surface area contributed by atoms with E-state index in [9.17, 15) is 8.42 Å². The van der Waals surface area contributed by atoms with Crippen molar-refractivity contribution in [3.05, 3.63) is 29.8 Å². The van der Waals surface area contributed by atoms with Gasteiger partial charge in [-0.3, -0.25) is 4.90 Å². The Labute approximate surface area is 122 Å². The Hall–Kier alpha value is -1.11. The van der Waals surface area contributed by atoms with E-state index in [-0.39, 0.29) is 11.8 Å². The molecule has 0 saturated heterocycles. The van der Waals surface area contributed by atoms with Crippen LogP contribution in [-0.2, 0) is 9.84 Å². The van der Waals surface area contributed by atoms with Gasteiger partial charge in [-0.15, -0.1) is 0 Å². The zero-order valence-electron chi connectivity index (χ0n) is 12.7. The lowest BCUT2D eigenvalue weighted by atomic mass is 10.1. The maximum atomic E-state index is 11.2. The van der Waals surface area contributed by atoms with Gasteiger partial charge in [0.25, 0.3) is 0 Å². The van der Waals surface area contributed by atoms with E-state index < -0.39 is 9.84 Å². The lowest BCUT2D eigenvalue weighted by Gasteiger charge is -2.27. The predicted molar refractivity (Wildman–Crippen MR) is 84.9 cm³/mol. The zero-order valence-corrected chi connectivity index (χ0v) is 13.5. The van der Waals surface area contributed by atoms with Gasteiger partial charge in [0.2, 0.25) is 0 Å². The second-order valence-electron chi connectivity index (χ2n) is 5.35. The molecule has 0 aliphatic carbocycles. The van der Waals surface area contributed by atoms with Crippen LogP contribution < -0.4 is 10.6 Å². The van der Waals surface area contributed by atoms with Gasteiger partial charge < -0.3 is 10.6 Å². The van der Waals surface area contributed by atoms with E-state index in [4.69, 9.17) is 5.73 Å². The van der Waals surface area contributed by atoms with Crippen molar-refractivity contribution < 1.29 is 8.42 Å². The Morgan fingerprint density at radius 1 is 1.15 bits per heavy atom. The molecule has 0 aromatic heterocycles. The quantitative estimate of drug-likeness (QED) is 0.804. The number of nitrogens with two attached hydrogens (primary N) is 1. The molecule has 0 radical (unpaired) electrons. The molecule has 0 heterocycles. The van der Waals surface area contributed by atoms with Gasteiger partial charge in [-0.2, -0.15) is 0 Å².